The number of hydrogen-bond acceptors (Lipinski definition) is 0. The lowest BCUT2D eigenvalue weighted by molar-refractivity contribution is 1.11. The summed E-state index contributed by atoms with van der Waals surface area (Å²) in [5.41, 5.74) is 5.14. The molecule has 15 heavy (non-hydrogen) atoms. The molecule has 0 N–H and O–H groups in total. The maximum absolute atomic E-state index is 4.08. The minimum absolute atomic E-state index is 1.04. The van der Waals surface area contributed by atoms with E-state index in [1.807, 2.05) is 13.8 Å². The molecule has 0 radical (unpaired) electrons. The average molecular weight is 265 g/mol. The van der Waals surface area contributed by atoms with Gasteiger partial charge in [-0.05, 0) is 30.0 Å². The van der Waals surface area contributed by atoms with Crippen molar-refractivity contribution in [1.29, 1.82) is 0 Å². The Morgan fingerprint density at radius 3 is 2.47 bits per heavy atom. The van der Waals surface area contributed by atoms with Crippen LogP contribution in [0.4, 0.5) is 0 Å². The van der Waals surface area contributed by atoms with Gasteiger partial charge in [0.2, 0.25) is 0 Å². The Labute approximate surface area is 101 Å². The van der Waals surface area contributed by atoms with Crippen LogP contribution in [-0.4, -0.2) is 0 Å². The predicted molar refractivity (Wildman–Crippen MR) is 72.2 cm³/mol. The van der Waals surface area contributed by atoms with E-state index in [1.54, 1.807) is 0 Å². The van der Waals surface area contributed by atoms with Gasteiger partial charge in [0, 0.05) is 4.48 Å². The molecule has 0 nitrogen and oxygen atoms in total. The van der Waals surface area contributed by atoms with Gasteiger partial charge in [0.15, 0.2) is 0 Å². The maximum Gasteiger partial charge on any atom is 0.0240 e. The Balaban J connectivity index is 0.000000531. The smallest absolute Gasteiger partial charge is 0.0240 e. The second-order valence-electron chi connectivity index (χ2n) is 3.41. The molecule has 0 aliphatic heterocycles. The highest BCUT2D eigenvalue weighted by atomic mass is 79.9. The molecule has 1 aliphatic rings. The lowest BCUT2D eigenvalue weighted by Crippen LogP contribution is -2.02. The first-order valence-corrected chi connectivity index (χ1v) is 6.12. The summed E-state index contributed by atoms with van der Waals surface area (Å²) >= 11 is 3.57. The van der Waals surface area contributed by atoms with E-state index in [0.717, 1.165) is 12.0 Å². The quantitative estimate of drug-likeness (QED) is 0.622. The largest absolute Gasteiger partial charge is 0.0900 e. The Bertz CT molecular complexity index is 400. The van der Waals surface area contributed by atoms with E-state index >= 15 is 0 Å². The minimum atomic E-state index is 1.04. The summed E-state index contributed by atoms with van der Waals surface area (Å²) < 4.78 is 1.17. The van der Waals surface area contributed by atoms with Gasteiger partial charge in [-0.2, -0.15) is 0 Å². The molecule has 1 aromatic carbocycles. The molecule has 0 atom stereocenters. The number of fused-ring (bicyclic) bond motifs is 1. The molecule has 0 heterocycles. The fraction of sp³-hybridized carbons (Fsp3) is 0.286. The summed E-state index contributed by atoms with van der Waals surface area (Å²) in [5.74, 6) is 0. The van der Waals surface area contributed by atoms with Gasteiger partial charge in [-0.1, -0.05) is 66.2 Å². The highest BCUT2D eigenvalue weighted by molar-refractivity contribution is 9.12. The Morgan fingerprint density at radius 2 is 1.80 bits per heavy atom. The molecule has 0 fully saturated rings. The van der Waals surface area contributed by atoms with Crippen molar-refractivity contribution in [3.05, 3.63) is 52.0 Å². The summed E-state index contributed by atoms with van der Waals surface area (Å²) in [6.45, 7) is 10.2. The first kappa shape index (κ1) is 12.3. The Kier molecular flexibility index (Phi) is 4.34. The Morgan fingerprint density at radius 1 is 1.20 bits per heavy atom. The van der Waals surface area contributed by atoms with Crippen LogP contribution < -0.4 is 0 Å². The van der Waals surface area contributed by atoms with Crippen molar-refractivity contribution < 1.29 is 0 Å². The van der Waals surface area contributed by atoms with Crippen LogP contribution in [0.3, 0.4) is 0 Å². The Hall–Kier alpha value is -0.820. The van der Waals surface area contributed by atoms with E-state index < -0.39 is 0 Å². The highest BCUT2D eigenvalue weighted by Crippen LogP contribution is 2.36. The molecule has 0 saturated heterocycles. The van der Waals surface area contributed by atoms with Gasteiger partial charge in [0.05, 0.1) is 0 Å². The summed E-state index contributed by atoms with van der Waals surface area (Å²) in [5, 5.41) is 0. The third-order valence-electron chi connectivity index (χ3n) is 2.44. The van der Waals surface area contributed by atoms with Crippen molar-refractivity contribution in [1.82, 2.24) is 0 Å². The van der Waals surface area contributed by atoms with E-state index in [2.05, 4.69) is 53.7 Å². The molecule has 0 spiro atoms. The van der Waals surface area contributed by atoms with E-state index in [4.69, 9.17) is 0 Å². The highest BCUT2D eigenvalue weighted by Gasteiger charge is 2.16. The first-order valence-electron chi connectivity index (χ1n) is 5.33. The molecule has 80 valence electrons. The van der Waals surface area contributed by atoms with Crippen molar-refractivity contribution in [2.75, 3.05) is 0 Å². The lowest BCUT2D eigenvalue weighted by Gasteiger charge is -2.19. The monoisotopic (exact) mass is 264 g/mol. The van der Waals surface area contributed by atoms with E-state index in [1.165, 1.54) is 21.2 Å². The third kappa shape index (κ3) is 2.40. The van der Waals surface area contributed by atoms with Crippen molar-refractivity contribution >= 4 is 21.5 Å². The average Bonchev–Trinajstić information content (AvgIpc) is 2.29. The van der Waals surface area contributed by atoms with Gasteiger partial charge in [-0.3, -0.25) is 0 Å². The number of hydrogen-bond donors (Lipinski definition) is 0. The minimum Gasteiger partial charge on any atom is -0.0900 e. The van der Waals surface area contributed by atoms with Crippen molar-refractivity contribution in [3.8, 4) is 0 Å². The van der Waals surface area contributed by atoms with Crippen molar-refractivity contribution in [2.45, 2.75) is 27.2 Å². The summed E-state index contributed by atoms with van der Waals surface area (Å²) in [6.07, 6.45) is 1.04. The van der Waals surface area contributed by atoms with Crippen LogP contribution in [0.5, 0.6) is 0 Å². The van der Waals surface area contributed by atoms with Gasteiger partial charge < -0.3 is 0 Å². The van der Waals surface area contributed by atoms with Crippen molar-refractivity contribution in [3.63, 3.8) is 0 Å². The summed E-state index contributed by atoms with van der Waals surface area (Å²) in [6, 6.07) is 8.44. The molecule has 0 bridgehead atoms. The number of allylic oxidation sites excluding steroid dienone is 3. The standard InChI is InChI=1S/C12H11Br.C2H6/c1-8-7-10-5-3-4-6-11(10)9(2)12(8)13;1-2/h3-6H,2,7H2,1H3;1-2H3. The van der Waals surface area contributed by atoms with Crippen LogP contribution in [0, 0.1) is 0 Å². The molecule has 0 unspecified atom stereocenters. The molecule has 1 aliphatic carbocycles. The van der Waals surface area contributed by atoms with E-state index in [-0.39, 0.29) is 0 Å². The maximum atomic E-state index is 4.08. The van der Waals surface area contributed by atoms with E-state index in [0.29, 0.717) is 0 Å². The van der Waals surface area contributed by atoms with Gasteiger partial charge in [-0.25, -0.2) is 0 Å². The summed E-state index contributed by atoms with van der Waals surface area (Å²) in [7, 11) is 0. The molecule has 1 heteroatoms. The molecular weight excluding hydrogens is 248 g/mol. The van der Waals surface area contributed by atoms with Gasteiger partial charge in [0.25, 0.3) is 0 Å². The topological polar surface area (TPSA) is 0 Å². The normalized spacial score (nSPS) is 14.3. The molecule has 2 rings (SSSR count). The van der Waals surface area contributed by atoms with Crippen molar-refractivity contribution in [2.24, 2.45) is 0 Å². The first-order chi connectivity index (χ1) is 7.20. The van der Waals surface area contributed by atoms with E-state index in [9.17, 15) is 0 Å². The molecule has 0 amide bonds. The number of benzene rings is 1. The van der Waals surface area contributed by atoms with Crippen LogP contribution in [-0.2, 0) is 6.42 Å². The SMILES string of the molecule is C=C1C(Br)=C(C)Cc2ccccc21.CC. The second-order valence-corrected chi connectivity index (χ2v) is 4.20. The number of halogens is 1. The molecular formula is C14H17Br. The zero-order valence-corrected chi connectivity index (χ0v) is 11.2. The van der Waals surface area contributed by atoms with Crippen LogP contribution in [0.1, 0.15) is 31.9 Å². The zero-order chi connectivity index (χ0) is 11.4. The zero-order valence-electron chi connectivity index (χ0n) is 9.60. The van der Waals surface area contributed by atoms with Crippen LogP contribution >= 0.6 is 15.9 Å². The molecule has 1 aromatic rings. The molecule has 0 aromatic heterocycles. The van der Waals surface area contributed by atoms with Crippen LogP contribution in [0.15, 0.2) is 40.9 Å². The van der Waals surface area contributed by atoms with Gasteiger partial charge in [-0.15, -0.1) is 0 Å². The summed E-state index contributed by atoms with van der Waals surface area (Å²) in [4.78, 5) is 0. The number of rotatable bonds is 0. The van der Waals surface area contributed by atoms with Crippen LogP contribution in [0.2, 0.25) is 0 Å². The fourth-order valence-electron chi connectivity index (χ4n) is 1.71. The third-order valence-corrected chi connectivity index (χ3v) is 3.59. The van der Waals surface area contributed by atoms with Gasteiger partial charge >= 0.3 is 0 Å². The predicted octanol–water partition coefficient (Wildman–Crippen LogP) is 4.95. The second kappa shape index (κ2) is 5.32. The van der Waals surface area contributed by atoms with Crippen LogP contribution in [0.25, 0.3) is 5.57 Å². The lowest BCUT2D eigenvalue weighted by atomic mass is 9.89. The molecule has 0 saturated carbocycles. The van der Waals surface area contributed by atoms with Gasteiger partial charge in [0.1, 0.15) is 0 Å². The fourth-order valence-corrected chi connectivity index (χ4v) is 2.06.